The van der Waals surface area contributed by atoms with Crippen molar-refractivity contribution in [3.8, 4) is 11.6 Å². The minimum Gasteiger partial charge on any atom is -0.495 e. The molecule has 0 spiro atoms. The van der Waals surface area contributed by atoms with Gasteiger partial charge in [-0.25, -0.2) is 27.3 Å². The molecule has 55 heavy (non-hydrogen) atoms. The Labute approximate surface area is 325 Å². The van der Waals surface area contributed by atoms with Crippen LogP contribution in [0, 0.1) is 17.8 Å². The summed E-state index contributed by atoms with van der Waals surface area (Å²) in [6.45, 7) is 8.91. The first-order chi connectivity index (χ1) is 25.8. The minimum atomic E-state index is -4.67. The average molecular weight is 806 g/mol. The lowest BCUT2D eigenvalue weighted by Crippen LogP contribution is -2.59. The van der Waals surface area contributed by atoms with Crippen LogP contribution in [0.3, 0.4) is 0 Å². The SMILES string of the molecule is COc1cc2ccnc(O[C@@H]3C[C@H]4C(=O)N[C@]5(C(=O)NS(=O)(=O)C6(F)CC6)C[C@H]5/C=C\CC[C@@H](C)C[C@@H](C)[C@H](NC(=O)OC(C)(C)C)C(=O)N4C3)c2cc1Cl. The summed E-state index contributed by atoms with van der Waals surface area (Å²) in [5.41, 5.74) is -2.56. The number of alkyl halides is 1. The van der Waals surface area contributed by atoms with Crippen molar-refractivity contribution in [1.29, 1.82) is 0 Å². The van der Waals surface area contributed by atoms with E-state index in [1.807, 2.05) is 24.6 Å². The van der Waals surface area contributed by atoms with E-state index in [2.05, 4.69) is 15.6 Å². The molecule has 3 fully saturated rings. The van der Waals surface area contributed by atoms with Crippen molar-refractivity contribution in [2.24, 2.45) is 17.8 Å². The lowest BCUT2D eigenvalue weighted by atomic mass is 9.88. The molecule has 2 aliphatic heterocycles. The van der Waals surface area contributed by atoms with E-state index in [-0.39, 0.29) is 44.0 Å². The molecule has 4 aliphatic rings. The number of rotatable bonds is 7. The number of fused-ring (bicyclic) bond motifs is 3. The summed E-state index contributed by atoms with van der Waals surface area (Å²) in [5.74, 6) is -2.58. The van der Waals surface area contributed by atoms with Crippen molar-refractivity contribution < 1.29 is 46.2 Å². The lowest BCUT2D eigenvalue weighted by Gasteiger charge is -2.33. The second-order valence-electron chi connectivity index (χ2n) is 16.3. The summed E-state index contributed by atoms with van der Waals surface area (Å²) in [5, 5.41) is 4.58. The summed E-state index contributed by atoms with van der Waals surface area (Å²) in [6.07, 6.45) is 5.00. The number of pyridine rings is 1. The number of halogens is 2. The highest BCUT2D eigenvalue weighted by Crippen LogP contribution is 2.48. The van der Waals surface area contributed by atoms with Crippen LogP contribution in [0.25, 0.3) is 10.8 Å². The molecule has 3 N–H and O–H groups in total. The number of benzene rings is 1. The lowest BCUT2D eigenvalue weighted by molar-refractivity contribution is -0.142. The molecule has 7 atom stereocenters. The van der Waals surface area contributed by atoms with Crippen LogP contribution in [0.1, 0.15) is 79.6 Å². The number of sulfonamides is 1. The Hall–Kier alpha value is -4.18. The predicted molar refractivity (Wildman–Crippen MR) is 201 cm³/mol. The largest absolute Gasteiger partial charge is 0.495 e. The number of nitrogens with zero attached hydrogens (tertiary/aromatic N) is 2. The maximum absolute atomic E-state index is 14.8. The number of carbonyl (C=O) groups is 4. The monoisotopic (exact) mass is 805 g/mol. The molecule has 2 saturated carbocycles. The Morgan fingerprint density at radius 2 is 1.87 bits per heavy atom. The molecule has 3 heterocycles. The molecule has 300 valence electrons. The van der Waals surface area contributed by atoms with Gasteiger partial charge in [-0.3, -0.25) is 14.4 Å². The van der Waals surface area contributed by atoms with Crippen molar-refractivity contribution in [1.82, 2.24) is 25.2 Å². The minimum absolute atomic E-state index is 0.0481. The first-order valence-electron chi connectivity index (χ1n) is 18.6. The Balaban J connectivity index is 1.35. The molecule has 1 aromatic heterocycles. The van der Waals surface area contributed by atoms with Crippen LogP contribution in [-0.4, -0.2) is 90.1 Å². The van der Waals surface area contributed by atoms with E-state index in [1.54, 1.807) is 51.2 Å². The van der Waals surface area contributed by atoms with Gasteiger partial charge in [0.1, 0.15) is 35.1 Å². The highest BCUT2D eigenvalue weighted by Gasteiger charge is 2.64. The van der Waals surface area contributed by atoms with Crippen LogP contribution in [0.15, 0.2) is 36.5 Å². The summed E-state index contributed by atoms with van der Waals surface area (Å²) in [6, 6.07) is 2.80. The van der Waals surface area contributed by atoms with Crippen molar-refractivity contribution in [3.63, 3.8) is 0 Å². The molecule has 17 heteroatoms. The standard InChI is InChI=1S/C38H49ClFN5O9S/c1-21-9-7-8-10-24-19-38(24,34(48)44-55(50,51)37(40)12-13-37)43-31(46)28-17-25(53-32-26-18-27(39)29(52-6)16-23(26)11-14-41-32)20-45(28)33(47)30(22(2)15-21)42-35(49)54-36(3,4)5/h8,10-11,14,16,18,21-22,24-25,28,30H,7,9,12-13,15,17,19-20H2,1-6H3,(H,42,49)(H,43,46)(H,44,48)/b10-8-/t21-,22-,24-,25-,28+,30+,38-/m1/s1. The van der Waals surface area contributed by atoms with Gasteiger partial charge in [-0.05, 0) is 81.9 Å². The van der Waals surface area contributed by atoms with Crippen molar-refractivity contribution >= 4 is 56.2 Å². The Morgan fingerprint density at radius 1 is 1.15 bits per heavy atom. The number of hydrogen-bond donors (Lipinski definition) is 3. The Morgan fingerprint density at radius 3 is 2.55 bits per heavy atom. The van der Waals surface area contributed by atoms with Crippen LogP contribution < -0.4 is 24.8 Å². The number of ether oxygens (including phenoxy) is 3. The summed E-state index contributed by atoms with van der Waals surface area (Å²) in [7, 11) is -3.18. The number of carbonyl (C=O) groups excluding carboxylic acids is 4. The third kappa shape index (κ3) is 8.64. The predicted octanol–water partition coefficient (Wildman–Crippen LogP) is 4.93. The van der Waals surface area contributed by atoms with Gasteiger partial charge in [0.2, 0.25) is 22.7 Å². The first-order valence-corrected chi connectivity index (χ1v) is 20.5. The Bertz CT molecular complexity index is 2000. The summed E-state index contributed by atoms with van der Waals surface area (Å²) in [4.78, 5) is 61.8. The van der Waals surface area contributed by atoms with Gasteiger partial charge in [0.05, 0.1) is 18.7 Å². The first kappa shape index (κ1) is 40.5. The van der Waals surface area contributed by atoms with Crippen LogP contribution in [0.4, 0.5) is 9.18 Å². The molecule has 2 aliphatic carbocycles. The summed E-state index contributed by atoms with van der Waals surface area (Å²) >= 11 is 6.45. The van der Waals surface area contributed by atoms with E-state index in [0.717, 1.165) is 5.39 Å². The smallest absolute Gasteiger partial charge is 0.408 e. The van der Waals surface area contributed by atoms with Crippen molar-refractivity contribution in [2.75, 3.05) is 13.7 Å². The van der Waals surface area contributed by atoms with E-state index in [9.17, 15) is 32.0 Å². The van der Waals surface area contributed by atoms with E-state index in [4.69, 9.17) is 25.8 Å². The molecule has 0 bridgehead atoms. The fraction of sp³-hybridized carbons (Fsp3) is 0.605. The maximum atomic E-state index is 14.8. The molecule has 1 aromatic carbocycles. The Kier molecular flexibility index (Phi) is 11.1. The zero-order valence-electron chi connectivity index (χ0n) is 31.8. The normalized spacial score (nSPS) is 30.1. The zero-order valence-corrected chi connectivity index (χ0v) is 33.4. The molecule has 2 aromatic rings. The van der Waals surface area contributed by atoms with Crippen molar-refractivity contribution in [2.45, 2.75) is 114 Å². The van der Waals surface area contributed by atoms with Gasteiger partial charge in [-0.2, -0.15) is 0 Å². The number of methoxy groups -OCH3 is 1. The zero-order chi connectivity index (χ0) is 40.1. The van der Waals surface area contributed by atoms with Gasteiger partial charge in [0.15, 0.2) is 0 Å². The van der Waals surface area contributed by atoms with Crippen LogP contribution in [0.2, 0.25) is 5.02 Å². The number of aromatic nitrogens is 1. The maximum Gasteiger partial charge on any atom is 0.408 e. The number of nitrogens with one attached hydrogen (secondary N) is 3. The second kappa shape index (κ2) is 15.1. The second-order valence-corrected chi connectivity index (χ2v) is 18.7. The number of amides is 4. The number of allylic oxidation sites excluding steroid dienone is 1. The topological polar surface area (TPSA) is 182 Å². The van der Waals surface area contributed by atoms with E-state index in [0.29, 0.717) is 35.4 Å². The third-order valence-corrected chi connectivity index (χ3v) is 12.8. The van der Waals surface area contributed by atoms with Crippen LogP contribution in [-0.2, 0) is 29.1 Å². The van der Waals surface area contributed by atoms with Gasteiger partial charge >= 0.3 is 6.09 Å². The number of hydrogen-bond acceptors (Lipinski definition) is 10. The van der Waals surface area contributed by atoms with E-state index < -0.39 is 80.0 Å². The molecule has 0 unspecified atom stereocenters. The number of alkyl carbamates (subject to hydrolysis) is 1. The quantitative estimate of drug-likeness (QED) is 0.325. The highest BCUT2D eigenvalue weighted by molar-refractivity contribution is 7.91. The molecule has 14 nitrogen and oxygen atoms in total. The van der Waals surface area contributed by atoms with Gasteiger partial charge < -0.3 is 29.7 Å². The third-order valence-electron chi connectivity index (χ3n) is 10.7. The molecule has 4 amide bonds. The van der Waals surface area contributed by atoms with E-state index >= 15 is 0 Å². The van der Waals surface area contributed by atoms with Crippen LogP contribution >= 0.6 is 11.6 Å². The summed E-state index contributed by atoms with van der Waals surface area (Å²) < 4.78 is 59.6. The van der Waals surface area contributed by atoms with Crippen molar-refractivity contribution in [3.05, 3.63) is 41.6 Å². The van der Waals surface area contributed by atoms with Gasteiger partial charge in [0.25, 0.3) is 15.9 Å². The molecule has 6 rings (SSSR count). The van der Waals surface area contributed by atoms with Gasteiger partial charge in [-0.15, -0.1) is 0 Å². The fourth-order valence-electron chi connectivity index (χ4n) is 7.48. The fourth-order valence-corrected chi connectivity index (χ4v) is 8.97. The molecular weight excluding hydrogens is 757 g/mol. The molecule has 1 saturated heterocycles. The van der Waals surface area contributed by atoms with E-state index in [1.165, 1.54) is 12.0 Å². The average Bonchev–Trinajstić information content (AvgIpc) is 3.98. The van der Waals surface area contributed by atoms with Crippen LogP contribution in [0.5, 0.6) is 11.6 Å². The highest BCUT2D eigenvalue weighted by atomic mass is 35.5. The van der Waals surface area contributed by atoms with Gasteiger partial charge in [-0.1, -0.05) is 37.6 Å². The van der Waals surface area contributed by atoms with Gasteiger partial charge in [0, 0.05) is 36.8 Å². The molecular formula is C38H49ClFN5O9S. The molecule has 0 radical (unpaired) electrons.